The number of ether oxygens (including phenoxy) is 2. The van der Waals surface area contributed by atoms with E-state index in [1.807, 2.05) is 31.2 Å². The third kappa shape index (κ3) is 4.62. The number of carbonyl (C=O) groups excluding carboxylic acids is 1. The molecule has 1 fully saturated rings. The van der Waals surface area contributed by atoms with Crippen LogP contribution in [0.25, 0.3) is 0 Å². The van der Waals surface area contributed by atoms with Crippen molar-refractivity contribution in [2.45, 2.75) is 20.0 Å². The van der Waals surface area contributed by atoms with Gasteiger partial charge in [0.05, 0.1) is 25.9 Å². The van der Waals surface area contributed by atoms with Crippen molar-refractivity contribution >= 4 is 5.91 Å². The number of rotatable bonds is 6. The van der Waals surface area contributed by atoms with Crippen LogP contribution in [-0.4, -0.2) is 39.3 Å². The van der Waals surface area contributed by atoms with Gasteiger partial charge in [-0.05, 0) is 24.6 Å². The molecule has 1 heterocycles. The van der Waals surface area contributed by atoms with Crippen LogP contribution in [0.5, 0.6) is 5.75 Å². The number of hydrogen-bond acceptors (Lipinski definition) is 3. The predicted molar refractivity (Wildman–Crippen MR) is 101 cm³/mol. The van der Waals surface area contributed by atoms with Crippen molar-refractivity contribution in [3.05, 3.63) is 64.7 Å². The maximum Gasteiger partial charge on any atom is 0.255 e. The summed E-state index contributed by atoms with van der Waals surface area (Å²) in [5.41, 5.74) is 4.04. The Balaban J connectivity index is 1.68. The molecule has 1 saturated heterocycles. The molecule has 0 saturated carbocycles. The molecule has 0 bridgehead atoms. The van der Waals surface area contributed by atoms with Crippen molar-refractivity contribution < 1.29 is 19.2 Å². The average Bonchev–Trinajstić information content (AvgIpc) is 2.68. The Morgan fingerprint density at radius 1 is 1.15 bits per heavy atom. The van der Waals surface area contributed by atoms with Gasteiger partial charge in [0.25, 0.3) is 5.91 Å². The Kier molecular flexibility index (Phi) is 6.26. The summed E-state index contributed by atoms with van der Waals surface area (Å²) < 4.78 is 10.8. The van der Waals surface area contributed by atoms with Gasteiger partial charge in [0.15, 0.2) is 0 Å². The zero-order valence-electron chi connectivity index (χ0n) is 15.5. The lowest BCUT2D eigenvalue weighted by molar-refractivity contribution is -0.921. The van der Waals surface area contributed by atoms with Crippen molar-refractivity contribution in [1.29, 1.82) is 0 Å². The first-order valence-electron chi connectivity index (χ1n) is 9.08. The molecule has 1 aliphatic heterocycles. The molecule has 0 unspecified atom stereocenters. The van der Waals surface area contributed by atoms with E-state index in [0.29, 0.717) is 17.9 Å². The summed E-state index contributed by atoms with van der Waals surface area (Å²) in [6, 6.07) is 13.9. The summed E-state index contributed by atoms with van der Waals surface area (Å²) >= 11 is 0. The lowest BCUT2D eigenvalue weighted by Crippen LogP contribution is -3.12. The molecular formula is C21H27N2O3+. The summed E-state index contributed by atoms with van der Waals surface area (Å²) in [6.07, 6.45) is 0. The molecule has 5 nitrogen and oxygen atoms in total. The van der Waals surface area contributed by atoms with Crippen LogP contribution < -0.4 is 15.0 Å². The van der Waals surface area contributed by atoms with E-state index in [-0.39, 0.29) is 5.91 Å². The summed E-state index contributed by atoms with van der Waals surface area (Å²) in [6.45, 7) is 7.14. The Hall–Kier alpha value is -2.37. The highest BCUT2D eigenvalue weighted by Gasteiger charge is 2.17. The monoisotopic (exact) mass is 355 g/mol. The quantitative estimate of drug-likeness (QED) is 0.822. The molecule has 0 spiro atoms. The summed E-state index contributed by atoms with van der Waals surface area (Å²) in [5, 5.41) is 3.04. The SMILES string of the molecule is COc1ccc(C)cc1C(=O)NCc1ccccc1C[NH+]1CCOCC1. The fraction of sp³-hybridized carbons (Fsp3) is 0.381. The van der Waals surface area contributed by atoms with Crippen LogP contribution in [0.2, 0.25) is 0 Å². The van der Waals surface area contributed by atoms with Gasteiger partial charge < -0.3 is 19.7 Å². The molecule has 1 aliphatic rings. The van der Waals surface area contributed by atoms with E-state index >= 15 is 0 Å². The second-order valence-corrected chi connectivity index (χ2v) is 6.69. The summed E-state index contributed by atoms with van der Waals surface area (Å²) in [5.74, 6) is 0.484. The van der Waals surface area contributed by atoms with Crippen molar-refractivity contribution in [2.75, 3.05) is 33.4 Å². The predicted octanol–water partition coefficient (Wildman–Crippen LogP) is 1.35. The van der Waals surface area contributed by atoms with Crippen LogP contribution >= 0.6 is 0 Å². The Bertz CT molecular complexity index is 755. The number of hydrogen-bond donors (Lipinski definition) is 2. The van der Waals surface area contributed by atoms with Gasteiger partial charge in [-0.15, -0.1) is 0 Å². The van der Waals surface area contributed by atoms with Crippen molar-refractivity contribution in [2.24, 2.45) is 0 Å². The maximum atomic E-state index is 12.6. The molecule has 5 heteroatoms. The number of methoxy groups -OCH3 is 1. The van der Waals surface area contributed by atoms with Gasteiger partial charge in [-0.3, -0.25) is 4.79 Å². The number of aryl methyl sites for hydroxylation is 1. The van der Waals surface area contributed by atoms with E-state index in [2.05, 4.69) is 23.5 Å². The van der Waals surface area contributed by atoms with Crippen LogP contribution in [0.4, 0.5) is 0 Å². The van der Waals surface area contributed by atoms with E-state index < -0.39 is 0 Å². The van der Waals surface area contributed by atoms with Gasteiger partial charge in [-0.25, -0.2) is 0 Å². The van der Waals surface area contributed by atoms with Gasteiger partial charge >= 0.3 is 0 Å². The molecular weight excluding hydrogens is 328 g/mol. The zero-order chi connectivity index (χ0) is 18.4. The van der Waals surface area contributed by atoms with Gasteiger partial charge in [-0.2, -0.15) is 0 Å². The van der Waals surface area contributed by atoms with E-state index in [4.69, 9.17) is 9.47 Å². The summed E-state index contributed by atoms with van der Waals surface area (Å²) in [7, 11) is 1.59. The van der Waals surface area contributed by atoms with E-state index in [9.17, 15) is 4.79 Å². The highest BCUT2D eigenvalue weighted by Crippen LogP contribution is 2.19. The minimum Gasteiger partial charge on any atom is -0.496 e. The Morgan fingerprint density at radius 3 is 2.62 bits per heavy atom. The number of carbonyl (C=O) groups is 1. The highest BCUT2D eigenvalue weighted by atomic mass is 16.5. The largest absolute Gasteiger partial charge is 0.496 e. The Labute approximate surface area is 154 Å². The van der Waals surface area contributed by atoms with Crippen LogP contribution in [0.15, 0.2) is 42.5 Å². The van der Waals surface area contributed by atoms with Gasteiger partial charge in [0.2, 0.25) is 0 Å². The molecule has 0 aliphatic carbocycles. The topological polar surface area (TPSA) is 52.0 Å². The number of morpholine rings is 1. The van der Waals surface area contributed by atoms with E-state index in [0.717, 1.165) is 44.0 Å². The first-order valence-corrected chi connectivity index (χ1v) is 9.08. The van der Waals surface area contributed by atoms with Gasteiger partial charge in [0.1, 0.15) is 25.4 Å². The average molecular weight is 355 g/mol. The molecule has 2 aromatic carbocycles. The maximum absolute atomic E-state index is 12.6. The van der Waals surface area contributed by atoms with Crippen LogP contribution in [0, 0.1) is 6.92 Å². The Morgan fingerprint density at radius 2 is 1.88 bits per heavy atom. The fourth-order valence-corrected chi connectivity index (χ4v) is 3.28. The molecule has 0 radical (unpaired) electrons. The third-order valence-corrected chi connectivity index (χ3v) is 4.80. The minimum absolute atomic E-state index is 0.112. The molecule has 3 rings (SSSR count). The molecule has 2 aromatic rings. The zero-order valence-corrected chi connectivity index (χ0v) is 15.5. The third-order valence-electron chi connectivity index (χ3n) is 4.80. The second-order valence-electron chi connectivity index (χ2n) is 6.69. The lowest BCUT2D eigenvalue weighted by atomic mass is 10.1. The smallest absolute Gasteiger partial charge is 0.255 e. The van der Waals surface area contributed by atoms with Crippen LogP contribution in [-0.2, 0) is 17.8 Å². The van der Waals surface area contributed by atoms with Crippen molar-refractivity contribution in [3.8, 4) is 5.75 Å². The first kappa shape index (κ1) is 18.4. The van der Waals surface area contributed by atoms with Crippen LogP contribution in [0.1, 0.15) is 27.0 Å². The van der Waals surface area contributed by atoms with E-state index in [1.54, 1.807) is 7.11 Å². The molecule has 1 amide bonds. The van der Waals surface area contributed by atoms with Crippen LogP contribution in [0.3, 0.4) is 0 Å². The van der Waals surface area contributed by atoms with Gasteiger partial charge in [0, 0.05) is 12.1 Å². The standard InChI is InChI=1S/C21H26N2O3/c1-16-7-8-20(25-2)19(13-16)21(24)22-14-17-5-3-4-6-18(17)15-23-9-11-26-12-10-23/h3-8,13H,9-12,14-15H2,1-2H3,(H,22,24)/p+1. The first-order chi connectivity index (χ1) is 12.7. The van der Waals surface area contributed by atoms with Crippen molar-refractivity contribution in [3.63, 3.8) is 0 Å². The number of nitrogens with one attached hydrogen (secondary N) is 2. The molecule has 2 N–H and O–H groups in total. The summed E-state index contributed by atoms with van der Waals surface area (Å²) in [4.78, 5) is 14.2. The molecule has 0 aromatic heterocycles. The highest BCUT2D eigenvalue weighted by molar-refractivity contribution is 5.97. The number of benzene rings is 2. The fourth-order valence-electron chi connectivity index (χ4n) is 3.28. The van der Waals surface area contributed by atoms with E-state index in [1.165, 1.54) is 10.5 Å². The molecule has 0 atom stereocenters. The number of amides is 1. The minimum atomic E-state index is -0.112. The molecule has 138 valence electrons. The second kappa shape index (κ2) is 8.83. The van der Waals surface area contributed by atoms with Gasteiger partial charge in [-0.1, -0.05) is 35.9 Å². The molecule has 26 heavy (non-hydrogen) atoms. The number of quaternary nitrogens is 1. The van der Waals surface area contributed by atoms with Crippen molar-refractivity contribution in [1.82, 2.24) is 5.32 Å². The normalized spacial score (nSPS) is 14.8. The lowest BCUT2D eigenvalue weighted by Gasteiger charge is -2.24.